The molecule has 0 amide bonds. The summed E-state index contributed by atoms with van der Waals surface area (Å²) in [7, 11) is -3.19. The van der Waals surface area contributed by atoms with E-state index in [1.165, 1.54) is 12.1 Å². The Morgan fingerprint density at radius 3 is 2.53 bits per heavy atom. The Morgan fingerprint density at radius 1 is 1.32 bits per heavy atom. The number of rotatable bonds is 4. The summed E-state index contributed by atoms with van der Waals surface area (Å²) in [5, 5.41) is 3.21. The number of hydrogen-bond donors (Lipinski definition) is 1. The predicted molar refractivity (Wildman–Crippen MR) is 74.1 cm³/mol. The topological polar surface area (TPSA) is 63.2 Å². The lowest BCUT2D eigenvalue weighted by atomic mass is 9.91. The lowest BCUT2D eigenvalue weighted by molar-refractivity contribution is 0.0899. The van der Waals surface area contributed by atoms with Gasteiger partial charge in [-0.05, 0) is 31.5 Å². The van der Waals surface area contributed by atoms with E-state index in [-0.39, 0.29) is 22.3 Å². The molecule has 0 aliphatic carbocycles. The van der Waals surface area contributed by atoms with Crippen molar-refractivity contribution in [2.24, 2.45) is 5.92 Å². The van der Waals surface area contributed by atoms with Crippen LogP contribution in [0.3, 0.4) is 0 Å². The van der Waals surface area contributed by atoms with Crippen LogP contribution < -0.4 is 5.32 Å². The highest BCUT2D eigenvalue weighted by molar-refractivity contribution is 7.91. The molecule has 0 spiro atoms. The fourth-order valence-electron chi connectivity index (χ4n) is 2.30. The minimum absolute atomic E-state index is 0.0161. The van der Waals surface area contributed by atoms with E-state index < -0.39 is 9.84 Å². The van der Waals surface area contributed by atoms with Gasteiger partial charge in [-0.15, -0.1) is 0 Å². The van der Waals surface area contributed by atoms with E-state index >= 15 is 0 Å². The normalized spacial score (nSPS) is 20.2. The highest BCUT2D eigenvalue weighted by atomic mass is 32.2. The van der Waals surface area contributed by atoms with Crippen molar-refractivity contribution in [2.75, 3.05) is 18.8 Å². The molecule has 1 aromatic carbocycles. The first kappa shape index (κ1) is 14.2. The molecule has 1 saturated heterocycles. The predicted octanol–water partition coefficient (Wildman–Crippen LogP) is 1.66. The molecule has 1 unspecified atom stereocenters. The molecule has 1 atom stereocenters. The van der Waals surface area contributed by atoms with Crippen molar-refractivity contribution in [2.45, 2.75) is 24.7 Å². The van der Waals surface area contributed by atoms with Crippen LogP contribution in [-0.2, 0) is 9.84 Å². The van der Waals surface area contributed by atoms with Gasteiger partial charge in [-0.3, -0.25) is 4.79 Å². The number of Topliss-reactive ketones (excluding diaryl/α,β-unsaturated/α-hetero) is 1. The number of piperidine rings is 1. The van der Waals surface area contributed by atoms with Crippen LogP contribution in [-0.4, -0.2) is 33.0 Å². The largest absolute Gasteiger partial charge is 0.316 e. The Hall–Kier alpha value is -1.20. The van der Waals surface area contributed by atoms with E-state index in [1.54, 1.807) is 19.1 Å². The van der Waals surface area contributed by atoms with E-state index in [0.717, 1.165) is 19.4 Å². The van der Waals surface area contributed by atoms with Crippen LogP contribution in [0.4, 0.5) is 0 Å². The van der Waals surface area contributed by atoms with Gasteiger partial charge in [-0.1, -0.05) is 19.1 Å². The van der Waals surface area contributed by atoms with Gasteiger partial charge < -0.3 is 5.32 Å². The average molecular weight is 281 g/mol. The molecule has 19 heavy (non-hydrogen) atoms. The molecule has 1 fully saturated rings. The summed E-state index contributed by atoms with van der Waals surface area (Å²) in [6.07, 6.45) is 1.92. The van der Waals surface area contributed by atoms with E-state index in [0.29, 0.717) is 12.1 Å². The molecular formula is C14H19NO3S. The van der Waals surface area contributed by atoms with Gasteiger partial charge in [0.2, 0.25) is 0 Å². The minimum atomic E-state index is -3.19. The Kier molecular flexibility index (Phi) is 4.37. The second-order valence-corrected chi connectivity index (χ2v) is 7.11. The summed E-state index contributed by atoms with van der Waals surface area (Å²) >= 11 is 0. The third-order valence-electron chi connectivity index (χ3n) is 3.55. The Balaban J connectivity index is 2.16. The van der Waals surface area contributed by atoms with Crippen LogP contribution in [0.2, 0.25) is 0 Å². The van der Waals surface area contributed by atoms with Gasteiger partial charge in [0.1, 0.15) is 0 Å². The fourth-order valence-corrected chi connectivity index (χ4v) is 3.19. The van der Waals surface area contributed by atoms with Crippen molar-refractivity contribution in [3.05, 3.63) is 29.8 Å². The quantitative estimate of drug-likeness (QED) is 0.853. The monoisotopic (exact) mass is 281 g/mol. The maximum Gasteiger partial charge on any atom is 0.178 e. The van der Waals surface area contributed by atoms with Crippen LogP contribution in [0.25, 0.3) is 0 Å². The molecule has 4 nitrogen and oxygen atoms in total. The first-order valence-corrected chi connectivity index (χ1v) is 8.27. The Morgan fingerprint density at radius 2 is 2.00 bits per heavy atom. The molecule has 0 radical (unpaired) electrons. The molecule has 5 heteroatoms. The third-order valence-corrected chi connectivity index (χ3v) is 5.30. The zero-order valence-electron chi connectivity index (χ0n) is 11.1. The van der Waals surface area contributed by atoms with Crippen molar-refractivity contribution in [3.8, 4) is 0 Å². The molecule has 0 saturated carbocycles. The average Bonchev–Trinajstić information content (AvgIpc) is 2.47. The summed E-state index contributed by atoms with van der Waals surface area (Å²) < 4.78 is 23.4. The number of nitrogens with one attached hydrogen (secondary N) is 1. The SMILES string of the molecule is CCS(=O)(=O)c1ccc(C(=O)C2CCCNC2)cc1. The van der Waals surface area contributed by atoms with E-state index in [1.807, 2.05) is 0 Å². The smallest absolute Gasteiger partial charge is 0.178 e. The summed E-state index contributed by atoms with van der Waals surface area (Å²) in [4.78, 5) is 12.5. The number of carbonyl (C=O) groups excluding carboxylic acids is 1. The molecule has 1 aromatic rings. The summed E-state index contributed by atoms with van der Waals surface area (Å²) in [6.45, 7) is 3.30. The summed E-state index contributed by atoms with van der Waals surface area (Å²) in [5.41, 5.74) is 0.601. The Bertz CT molecular complexity index is 543. The third kappa shape index (κ3) is 3.22. The van der Waals surface area contributed by atoms with E-state index in [2.05, 4.69) is 5.32 Å². The Labute approximate surface area is 114 Å². The van der Waals surface area contributed by atoms with Gasteiger partial charge in [0, 0.05) is 18.0 Å². The second kappa shape index (κ2) is 5.84. The molecule has 2 rings (SSSR count). The van der Waals surface area contributed by atoms with E-state index in [4.69, 9.17) is 0 Å². The number of hydrogen-bond acceptors (Lipinski definition) is 4. The maximum atomic E-state index is 12.2. The minimum Gasteiger partial charge on any atom is -0.316 e. The molecule has 1 aliphatic rings. The summed E-state index contributed by atoms with van der Waals surface area (Å²) in [5.74, 6) is 0.197. The van der Waals surface area contributed by atoms with Crippen molar-refractivity contribution >= 4 is 15.6 Å². The lowest BCUT2D eigenvalue weighted by Gasteiger charge is -2.21. The number of benzene rings is 1. The molecule has 1 heterocycles. The first-order valence-electron chi connectivity index (χ1n) is 6.62. The van der Waals surface area contributed by atoms with Crippen LogP contribution in [0, 0.1) is 5.92 Å². The second-order valence-electron chi connectivity index (χ2n) is 4.84. The van der Waals surface area contributed by atoms with Crippen molar-refractivity contribution in [3.63, 3.8) is 0 Å². The van der Waals surface area contributed by atoms with Crippen LogP contribution in [0.15, 0.2) is 29.2 Å². The molecule has 1 aliphatic heterocycles. The number of ketones is 1. The zero-order valence-corrected chi connectivity index (χ0v) is 11.9. The van der Waals surface area contributed by atoms with Gasteiger partial charge in [-0.2, -0.15) is 0 Å². The van der Waals surface area contributed by atoms with Crippen molar-refractivity contribution < 1.29 is 13.2 Å². The van der Waals surface area contributed by atoms with Gasteiger partial charge in [0.15, 0.2) is 15.6 Å². The molecule has 104 valence electrons. The number of carbonyl (C=O) groups is 1. The number of sulfone groups is 1. The van der Waals surface area contributed by atoms with E-state index in [9.17, 15) is 13.2 Å². The van der Waals surface area contributed by atoms with Crippen LogP contribution in [0.1, 0.15) is 30.1 Å². The fraction of sp³-hybridized carbons (Fsp3) is 0.500. The lowest BCUT2D eigenvalue weighted by Crippen LogP contribution is -2.34. The molecule has 0 bridgehead atoms. The molecule has 1 N–H and O–H groups in total. The van der Waals surface area contributed by atoms with Crippen molar-refractivity contribution in [1.82, 2.24) is 5.32 Å². The van der Waals surface area contributed by atoms with Gasteiger partial charge in [0.05, 0.1) is 10.6 Å². The standard InChI is InChI=1S/C14H19NO3S/c1-2-19(17,18)13-7-5-11(6-8-13)14(16)12-4-3-9-15-10-12/h5-8,12,15H,2-4,9-10H2,1H3. The highest BCUT2D eigenvalue weighted by Crippen LogP contribution is 2.18. The van der Waals surface area contributed by atoms with Gasteiger partial charge >= 0.3 is 0 Å². The highest BCUT2D eigenvalue weighted by Gasteiger charge is 2.22. The van der Waals surface area contributed by atoms with Crippen LogP contribution in [0.5, 0.6) is 0 Å². The van der Waals surface area contributed by atoms with Crippen molar-refractivity contribution in [1.29, 1.82) is 0 Å². The molecular weight excluding hydrogens is 262 g/mol. The zero-order chi connectivity index (χ0) is 13.9. The first-order chi connectivity index (χ1) is 9.04. The maximum absolute atomic E-state index is 12.2. The van der Waals surface area contributed by atoms with Gasteiger partial charge in [-0.25, -0.2) is 8.42 Å². The summed E-state index contributed by atoms with van der Waals surface area (Å²) in [6, 6.07) is 6.31. The molecule has 0 aromatic heterocycles. The van der Waals surface area contributed by atoms with Gasteiger partial charge in [0.25, 0.3) is 0 Å². The van der Waals surface area contributed by atoms with Crippen LogP contribution >= 0.6 is 0 Å².